The molecule has 2 rings (SSSR count). The van der Waals surface area contributed by atoms with E-state index >= 15 is 0 Å². The molecular formula is C20H26N2OS. The minimum absolute atomic E-state index is 0.221. The van der Waals surface area contributed by atoms with Gasteiger partial charge in [0, 0.05) is 12.1 Å². The number of nitrogens with one attached hydrogen (secondary N) is 2. The minimum Gasteiger partial charge on any atom is -0.338 e. The van der Waals surface area contributed by atoms with Crippen LogP contribution in [0.3, 0.4) is 0 Å². The molecule has 2 N–H and O–H groups in total. The van der Waals surface area contributed by atoms with Gasteiger partial charge in [-0.2, -0.15) is 0 Å². The van der Waals surface area contributed by atoms with E-state index in [9.17, 15) is 4.79 Å². The van der Waals surface area contributed by atoms with Crippen molar-refractivity contribution >= 4 is 34.0 Å². The maximum Gasteiger partial charge on any atom is 0.319 e. The maximum absolute atomic E-state index is 12.0. The van der Waals surface area contributed by atoms with Crippen molar-refractivity contribution in [1.82, 2.24) is 10.6 Å². The molecule has 2 aromatic rings. The third-order valence-electron chi connectivity index (χ3n) is 4.08. The fraction of sp³-hybridized carbons (Fsp3) is 0.400. The Bertz CT molecular complexity index is 679. The molecule has 0 aliphatic heterocycles. The van der Waals surface area contributed by atoms with Crippen molar-refractivity contribution in [1.29, 1.82) is 0 Å². The highest BCUT2D eigenvalue weighted by Crippen LogP contribution is 2.18. The molecule has 0 aliphatic carbocycles. The molecule has 24 heavy (non-hydrogen) atoms. The summed E-state index contributed by atoms with van der Waals surface area (Å²) in [5.74, 6) is 0. The van der Waals surface area contributed by atoms with Crippen molar-refractivity contribution in [3.63, 3.8) is 0 Å². The van der Waals surface area contributed by atoms with E-state index in [0.717, 1.165) is 29.2 Å². The number of rotatable bonds is 8. The lowest BCUT2D eigenvalue weighted by molar-refractivity contribution is 0.245. The Hall–Kier alpha value is -1.94. The number of unbranched alkanes of at least 4 members (excludes halogenated alkanes) is 5. The number of thiocarbonyl (C=S) groups is 1. The largest absolute Gasteiger partial charge is 0.338 e. The molecule has 0 unspecified atom stereocenters. The molecule has 0 saturated carbocycles. The van der Waals surface area contributed by atoms with E-state index < -0.39 is 0 Å². The summed E-state index contributed by atoms with van der Waals surface area (Å²) in [6.07, 6.45) is 7.26. The zero-order valence-corrected chi connectivity index (χ0v) is 15.1. The molecule has 0 spiro atoms. The Morgan fingerprint density at radius 2 is 1.67 bits per heavy atom. The average molecular weight is 343 g/mol. The molecular weight excluding hydrogens is 316 g/mol. The molecule has 2 aromatic carbocycles. The Kier molecular flexibility index (Phi) is 7.69. The van der Waals surface area contributed by atoms with Crippen LogP contribution in [-0.4, -0.2) is 17.6 Å². The lowest BCUT2D eigenvalue weighted by atomic mass is 10.0. The Labute approximate surface area is 149 Å². The van der Waals surface area contributed by atoms with Crippen molar-refractivity contribution in [2.45, 2.75) is 45.4 Å². The van der Waals surface area contributed by atoms with Crippen molar-refractivity contribution in [3.05, 3.63) is 48.0 Å². The number of carbonyl (C=O) groups is 1. The van der Waals surface area contributed by atoms with E-state index in [1.54, 1.807) is 0 Å². The second-order valence-electron chi connectivity index (χ2n) is 6.00. The first-order valence-corrected chi connectivity index (χ1v) is 9.20. The van der Waals surface area contributed by atoms with Crippen molar-refractivity contribution < 1.29 is 4.79 Å². The number of hydrogen-bond donors (Lipinski definition) is 2. The first-order chi connectivity index (χ1) is 11.7. The lowest BCUT2D eigenvalue weighted by Gasteiger charge is -2.11. The van der Waals surface area contributed by atoms with Gasteiger partial charge in [0.2, 0.25) is 0 Å². The van der Waals surface area contributed by atoms with Crippen LogP contribution in [0.2, 0.25) is 0 Å². The molecule has 3 nitrogen and oxygen atoms in total. The molecule has 4 heteroatoms. The van der Waals surface area contributed by atoms with Crippen LogP contribution in [0.1, 0.15) is 51.0 Å². The van der Waals surface area contributed by atoms with Crippen LogP contribution in [0.25, 0.3) is 10.8 Å². The SMILES string of the molecule is CCCCCCCCNC(=O)NC(=S)c1cccc2ccccc12. The van der Waals surface area contributed by atoms with Crippen molar-refractivity contribution in [2.75, 3.05) is 6.54 Å². The fourth-order valence-corrected chi connectivity index (χ4v) is 3.02. The van der Waals surface area contributed by atoms with Gasteiger partial charge in [0.25, 0.3) is 0 Å². The minimum atomic E-state index is -0.221. The van der Waals surface area contributed by atoms with Crippen LogP contribution >= 0.6 is 12.2 Å². The highest BCUT2D eigenvalue weighted by Gasteiger charge is 2.09. The van der Waals surface area contributed by atoms with E-state index in [0.29, 0.717) is 11.5 Å². The van der Waals surface area contributed by atoms with Crippen LogP contribution in [0.4, 0.5) is 4.79 Å². The molecule has 0 aromatic heterocycles. The van der Waals surface area contributed by atoms with Crippen LogP contribution in [0, 0.1) is 0 Å². The molecule has 0 atom stereocenters. The number of carbonyl (C=O) groups excluding carboxylic acids is 1. The molecule has 128 valence electrons. The number of amides is 2. The molecule has 0 aliphatic rings. The van der Waals surface area contributed by atoms with E-state index in [2.05, 4.69) is 17.6 Å². The first kappa shape index (κ1) is 18.4. The van der Waals surface area contributed by atoms with Crippen LogP contribution < -0.4 is 10.6 Å². The van der Waals surface area contributed by atoms with Gasteiger partial charge < -0.3 is 5.32 Å². The summed E-state index contributed by atoms with van der Waals surface area (Å²) in [7, 11) is 0. The standard InChI is InChI=1S/C20H26N2OS/c1-2-3-4-5-6-9-15-21-20(23)22-19(24)18-14-10-12-16-11-7-8-13-17(16)18/h7-8,10-14H,2-6,9,15H2,1H3,(H2,21,22,23,24). The number of hydrogen-bond acceptors (Lipinski definition) is 2. The normalized spacial score (nSPS) is 10.5. The number of urea groups is 1. The predicted octanol–water partition coefficient (Wildman–Crippen LogP) is 5.18. The second-order valence-corrected chi connectivity index (χ2v) is 6.41. The Morgan fingerprint density at radius 3 is 2.50 bits per heavy atom. The van der Waals surface area contributed by atoms with Gasteiger partial charge >= 0.3 is 6.03 Å². The van der Waals surface area contributed by atoms with E-state index in [-0.39, 0.29) is 6.03 Å². The third kappa shape index (κ3) is 5.60. The van der Waals surface area contributed by atoms with Gasteiger partial charge in [-0.15, -0.1) is 0 Å². The summed E-state index contributed by atoms with van der Waals surface area (Å²) in [5.41, 5.74) is 0.887. The summed E-state index contributed by atoms with van der Waals surface area (Å²) < 4.78 is 0. The summed E-state index contributed by atoms with van der Waals surface area (Å²) >= 11 is 5.40. The zero-order valence-electron chi connectivity index (χ0n) is 14.3. The summed E-state index contributed by atoms with van der Waals surface area (Å²) in [5, 5.41) is 7.84. The van der Waals surface area contributed by atoms with E-state index in [1.807, 2.05) is 42.5 Å². The summed E-state index contributed by atoms with van der Waals surface area (Å²) in [4.78, 5) is 12.5. The van der Waals surface area contributed by atoms with Crippen LogP contribution in [-0.2, 0) is 0 Å². The van der Waals surface area contributed by atoms with E-state index in [4.69, 9.17) is 12.2 Å². The highest BCUT2D eigenvalue weighted by molar-refractivity contribution is 7.80. The smallest absolute Gasteiger partial charge is 0.319 e. The van der Waals surface area contributed by atoms with Gasteiger partial charge in [0.05, 0.1) is 0 Å². The van der Waals surface area contributed by atoms with Crippen molar-refractivity contribution in [2.24, 2.45) is 0 Å². The monoisotopic (exact) mass is 342 g/mol. The van der Waals surface area contributed by atoms with Crippen molar-refractivity contribution in [3.8, 4) is 0 Å². The number of fused-ring (bicyclic) bond motifs is 1. The summed E-state index contributed by atoms with van der Waals surface area (Å²) in [6.45, 7) is 2.90. The van der Waals surface area contributed by atoms with Crippen LogP contribution in [0.5, 0.6) is 0 Å². The number of benzene rings is 2. The van der Waals surface area contributed by atoms with Gasteiger partial charge in [-0.3, -0.25) is 5.32 Å². The summed E-state index contributed by atoms with van der Waals surface area (Å²) in [6, 6.07) is 13.8. The first-order valence-electron chi connectivity index (χ1n) is 8.79. The van der Waals surface area contributed by atoms with Crippen LogP contribution in [0.15, 0.2) is 42.5 Å². The van der Waals surface area contributed by atoms with Gasteiger partial charge in [0.15, 0.2) is 0 Å². The quantitative estimate of drug-likeness (QED) is 0.513. The molecule has 0 radical (unpaired) electrons. The Morgan fingerprint density at radius 1 is 0.958 bits per heavy atom. The molecule has 0 saturated heterocycles. The highest BCUT2D eigenvalue weighted by atomic mass is 32.1. The fourth-order valence-electron chi connectivity index (χ4n) is 2.75. The van der Waals surface area contributed by atoms with Gasteiger partial charge in [-0.05, 0) is 17.2 Å². The van der Waals surface area contributed by atoms with Gasteiger partial charge in [-0.25, -0.2) is 4.79 Å². The maximum atomic E-state index is 12.0. The zero-order chi connectivity index (χ0) is 17.2. The molecule has 0 heterocycles. The second kappa shape index (κ2) is 10.0. The molecule has 0 bridgehead atoms. The lowest BCUT2D eigenvalue weighted by Crippen LogP contribution is -2.39. The Balaban J connectivity index is 1.78. The molecule has 2 amide bonds. The third-order valence-corrected chi connectivity index (χ3v) is 4.40. The van der Waals surface area contributed by atoms with Gasteiger partial charge in [-0.1, -0.05) is 93.7 Å². The topological polar surface area (TPSA) is 41.1 Å². The van der Waals surface area contributed by atoms with Gasteiger partial charge in [0.1, 0.15) is 4.99 Å². The van der Waals surface area contributed by atoms with E-state index in [1.165, 1.54) is 25.7 Å². The average Bonchev–Trinajstić information content (AvgIpc) is 2.60. The predicted molar refractivity (Wildman–Crippen MR) is 106 cm³/mol. The molecule has 0 fully saturated rings.